The Morgan fingerprint density at radius 3 is 2.64 bits per heavy atom. The van der Waals surface area contributed by atoms with Gasteiger partial charge in [-0.3, -0.25) is 4.99 Å². The van der Waals surface area contributed by atoms with Gasteiger partial charge in [0.1, 0.15) is 0 Å². The molecule has 0 amide bonds. The molecule has 11 heavy (non-hydrogen) atoms. The monoisotopic (exact) mass is 155 g/mol. The van der Waals surface area contributed by atoms with Gasteiger partial charge in [-0.1, -0.05) is 19.8 Å². The van der Waals surface area contributed by atoms with Gasteiger partial charge in [-0.25, -0.2) is 0 Å². The summed E-state index contributed by atoms with van der Waals surface area (Å²) in [5.41, 5.74) is 10.5. The Labute approximate surface area is 67.9 Å². The molecule has 1 aliphatic carbocycles. The van der Waals surface area contributed by atoms with Crippen molar-refractivity contribution >= 4 is 5.96 Å². The van der Waals surface area contributed by atoms with E-state index >= 15 is 0 Å². The lowest BCUT2D eigenvalue weighted by Crippen LogP contribution is -2.24. The maximum absolute atomic E-state index is 5.24. The highest BCUT2D eigenvalue weighted by molar-refractivity contribution is 5.75. The Morgan fingerprint density at radius 1 is 1.45 bits per heavy atom. The summed E-state index contributed by atoms with van der Waals surface area (Å²) < 4.78 is 0. The summed E-state index contributed by atoms with van der Waals surface area (Å²) in [5.74, 6) is 1.75. The predicted molar refractivity (Wildman–Crippen MR) is 47.2 cm³/mol. The number of aliphatic imine (C=N–C) groups is 1. The van der Waals surface area contributed by atoms with Crippen LogP contribution in [0.15, 0.2) is 4.99 Å². The van der Waals surface area contributed by atoms with Crippen molar-refractivity contribution in [3.63, 3.8) is 0 Å². The van der Waals surface area contributed by atoms with Crippen molar-refractivity contribution in [1.82, 2.24) is 0 Å². The molecule has 0 heterocycles. The second-order valence-corrected chi connectivity index (χ2v) is 3.43. The summed E-state index contributed by atoms with van der Waals surface area (Å²) in [5, 5.41) is 0. The maximum atomic E-state index is 5.24. The Morgan fingerprint density at radius 2 is 2.18 bits per heavy atom. The molecule has 0 aliphatic heterocycles. The first-order valence-electron chi connectivity index (χ1n) is 4.25. The van der Waals surface area contributed by atoms with Crippen molar-refractivity contribution in [3.8, 4) is 0 Å². The van der Waals surface area contributed by atoms with Gasteiger partial charge in [0, 0.05) is 6.54 Å². The number of nitrogens with two attached hydrogens (primary N) is 2. The number of rotatable bonds is 2. The quantitative estimate of drug-likeness (QED) is 0.455. The maximum Gasteiger partial charge on any atom is 0.185 e. The average molecular weight is 155 g/mol. The minimum Gasteiger partial charge on any atom is -0.370 e. The Hall–Kier alpha value is -0.730. The smallest absolute Gasteiger partial charge is 0.185 e. The van der Waals surface area contributed by atoms with Gasteiger partial charge in [0.05, 0.1) is 0 Å². The fourth-order valence-corrected chi connectivity index (χ4v) is 1.72. The highest BCUT2D eigenvalue weighted by atomic mass is 15.0. The molecule has 0 saturated heterocycles. The van der Waals surface area contributed by atoms with E-state index in [1.165, 1.54) is 19.3 Å². The van der Waals surface area contributed by atoms with Crippen LogP contribution in [0.25, 0.3) is 0 Å². The standard InChI is InChI=1S/C8H17N3/c1-6-3-2-4-7(6)5-11-8(9)10/h6-7H,2-5H2,1H3,(H4,9,10,11). The van der Waals surface area contributed by atoms with E-state index in [1.807, 2.05) is 0 Å². The molecule has 4 N–H and O–H groups in total. The van der Waals surface area contributed by atoms with Crippen LogP contribution in [0.2, 0.25) is 0 Å². The van der Waals surface area contributed by atoms with Crippen molar-refractivity contribution in [2.75, 3.05) is 6.54 Å². The molecule has 3 nitrogen and oxygen atoms in total. The second kappa shape index (κ2) is 3.60. The third-order valence-corrected chi connectivity index (χ3v) is 2.55. The molecule has 0 aromatic rings. The van der Waals surface area contributed by atoms with Crippen molar-refractivity contribution in [2.24, 2.45) is 28.3 Å². The summed E-state index contributed by atoms with van der Waals surface area (Å²) in [6.07, 6.45) is 3.97. The summed E-state index contributed by atoms with van der Waals surface area (Å²) >= 11 is 0. The van der Waals surface area contributed by atoms with Crippen molar-refractivity contribution in [2.45, 2.75) is 26.2 Å². The highest BCUT2D eigenvalue weighted by Gasteiger charge is 2.22. The number of nitrogens with zero attached hydrogens (tertiary/aromatic N) is 1. The minimum atomic E-state index is 0.226. The highest BCUT2D eigenvalue weighted by Crippen LogP contribution is 2.30. The molecular weight excluding hydrogens is 138 g/mol. The van der Waals surface area contributed by atoms with Crippen LogP contribution in [0.1, 0.15) is 26.2 Å². The van der Waals surface area contributed by atoms with Crippen LogP contribution in [0.4, 0.5) is 0 Å². The lowest BCUT2D eigenvalue weighted by molar-refractivity contribution is 0.430. The van der Waals surface area contributed by atoms with E-state index in [2.05, 4.69) is 11.9 Å². The van der Waals surface area contributed by atoms with Crippen LogP contribution < -0.4 is 11.5 Å². The van der Waals surface area contributed by atoms with Gasteiger partial charge in [0.25, 0.3) is 0 Å². The van der Waals surface area contributed by atoms with E-state index in [0.717, 1.165) is 18.4 Å². The normalized spacial score (nSPS) is 30.3. The third kappa shape index (κ3) is 2.41. The predicted octanol–water partition coefficient (Wildman–Crippen LogP) is 0.696. The largest absolute Gasteiger partial charge is 0.370 e. The Bertz CT molecular complexity index is 149. The molecule has 64 valence electrons. The van der Waals surface area contributed by atoms with E-state index in [0.29, 0.717) is 0 Å². The molecule has 0 spiro atoms. The summed E-state index contributed by atoms with van der Waals surface area (Å²) in [6.45, 7) is 3.10. The Balaban J connectivity index is 2.31. The lowest BCUT2D eigenvalue weighted by Gasteiger charge is -2.11. The zero-order chi connectivity index (χ0) is 8.27. The van der Waals surface area contributed by atoms with Crippen LogP contribution in [-0.2, 0) is 0 Å². The first kappa shape index (κ1) is 8.37. The molecule has 1 aliphatic rings. The molecule has 0 aromatic carbocycles. The Kier molecular flexibility index (Phi) is 2.74. The van der Waals surface area contributed by atoms with E-state index in [9.17, 15) is 0 Å². The van der Waals surface area contributed by atoms with Crippen LogP contribution in [0.3, 0.4) is 0 Å². The van der Waals surface area contributed by atoms with Gasteiger partial charge in [-0.2, -0.15) is 0 Å². The second-order valence-electron chi connectivity index (χ2n) is 3.43. The molecule has 1 saturated carbocycles. The van der Waals surface area contributed by atoms with Gasteiger partial charge in [-0.05, 0) is 18.3 Å². The SMILES string of the molecule is CC1CCCC1CN=C(N)N. The summed E-state index contributed by atoms with van der Waals surface area (Å²) in [7, 11) is 0. The van der Waals surface area contributed by atoms with Gasteiger partial charge in [0.15, 0.2) is 5.96 Å². The fourth-order valence-electron chi connectivity index (χ4n) is 1.72. The van der Waals surface area contributed by atoms with Crippen LogP contribution in [0.5, 0.6) is 0 Å². The number of hydrogen-bond acceptors (Lipinski definition) is 1. The van der Waals surface area contributed by atoms with Crippen LogP contribution >= 0.6 is 0 Å². The number of hydrogen-bond donors (Lipinski definition) is 2. The van der Waals surface area contributed by atoms with Crippen molar-refractivity contribution in [3.05, 3.63) is 0 Å². The first-order valence-corrected chi connectivity index (χ1v) is 4.25. The van der Waals surface area contributed by atoms with Crippen LogP contribution in [-0.4, -0.2) is 12.5 Å². The molecule has 0 aromatic heterocycles. The van der Waals surface area contributed by atoms with Crippen molar-refractivity contribution in [1.29, 1.82) is 0 Å². The first-order chi connectivity index (χ1) is 5.20. The zero-order valence-corrected chi connectivity index (χ0v) is 7.09. The minimum absolute atomic E-state index is 0.226. The van der Waals surface area contributed by atoms with Gasteiger partial charge >= 0.3 is 0 Å². The summed E-state index contributed by atoms with van der Waals surface area (Å²) in [4.78, 5) is 4.03. The zero-order valence-electron chi connectivity index (χ0n) is 7.09. The fraction of sp³-hybridized carbons (Fsp3) is 0.875. The molecule has 1 rings (SSSR count). The molecule has 2 atom stereocenters. The summed E-state index contributed by atoms with van der Waals surface area (Å²) in [6, 6.07) is 0. The van der Waals surface area contributed by atoms with Crippen molar-refractivity contribution < 1.29 is 0 Å². The van der Waals surface area contributed by atoms with Gasteiger partial charge in [-0.15, -0.1) is 0 Å². The van der Waals surface area contributed by atoms with E-state index in [4.69, 9.17) is 11.5 Å². The number of guanidine groups is 1. The molecule has 0 radical (unpaired) electrons. The molecule has 1 fully saturated rings. The van der Waals surface area contributed by atoms with E-state index < -0.39 is 0 Å². The van der Waals surface area contributed by atoms with Gasteiger partial charge in [0.2, 0.25) is 0 Å². The molecular formula is C8H17N3. The average Bonchev–Trinajstić information content (AvgIpc) is 2.31. The molecule has 3 heteroatoms. The topological polar surface area (TPSA) is 64.4 Å². The van der Waals surface area contributed by atoms with E-state index in [-0.39, 0.29) is 5.96 Å². The lowest BCUT2D eigenvalue weighted by atomic mass is 9.99. The van der Waals surface area contributed by atoms with Crippen LogP contribution in [0, 0.1) is 11.8 Å². The third-order valence-electron chi connectivity index (χ3n) is 2.55. The van der Waals surface area contributed by atoms with E-state index in [1.54, 1.807) is 0 Å². The van der Waals surface area contributed by atoms with Gasteiger partial charge < -0.3 is 11.5 Å². The molecule has 2 unspecified atom stereocenters. The molecule has 0 bridgehead atoms.